The van der Waals surface area contributed by atoms with E-state index in [0.717, 1.165) is 11.3 Å². The van der Waals surface area contributed by atoms with E-state index in [1.807, 2.05) is 6.07 Å². The van der Waals surface area contributed by atoms with Crippen molar-refractivity contribution in [3.8, 4) is 5.69 Å². The molecule has 0 aliphatic heterocycles. The highest BCUT2D eigenvalue weighted by Gasteiger charge is 2.21. The molecule has 2 heterocycles. The molecule has 0 aliphatic rings. The zero-order chi connectivity index (χ0) is 22.0. The van der Waals surface area contributed by atoms with Gasteiger partial charge in [-0.05, 0) is 32.0 Å². The third-order valence-electron chi connectivity index (χ3n) is 4.50. The second kappa shape index (κ2) is 8.49. The molecule has 8 nitrogen and oxygen atoms in total. The summed E-state index contributed by atoms with van der Waals surface area (Å²) in [6.45, 7) is 3.63. The Labute approximate surface area is 181 Å². The lowest BCUT2D eigenvalue weighted by molar-refractivity contribution is 0.0531. The highest BCUT2D eigenvalue weighted by Crippen LogP contribution is 2.24. The fourth-order valence-electron chi connectivity index (χ4n) is 3.09. The first kappa shape index (κ1) is 20.4. The summed E-state index contributed by atoms with van der Waals surface area (Å²) in [4.78, 5) is 42.7. The molecule has 1 N–H and O–H groups in total. The summed E-state index contributed by atoms with van der Waals surface area (Å²) in [6, 6.07) is 15.7. The average Bonchev–Trinajstić information content (AvgIpc) is 3.15. The number of fused-ring (bicyclic) bond motifs is 1. The first-order chi connectivity index (χ1) is 15.0. The molecule has 0 atom stereocenters. The molecule has 0 radical (unpaired) electrons. The standard InChI is InChI=1S/C22H18N4O4S/c1-3-30-21(29)18-13(2)23-22(31-18)24-19(27)17-15-11-7-8-12-16(15)20(28)26(25-17)14-9-5-4-6-10-14/h4-12H,3H2,1-2H3,(H,23,24,27). The van der Waals surface area contributed by atoms with E-state index in [9.17, 15) is 14.4 Å². The number of amides is 1. The number of esters is 1. The van der Waals surface area contributed by atoms with Gasteiger partial charge in [0.15, 0.2) is 10.8 Å². The van der Waals surface area contributed by atoms with Crippen LogP contribution in [-0.2, 0) is 4.74 Å². The number of carbonyl (C=O) groups excluding carboxylic acids is 2. The molecule has 2 aromatic heterocycles. The zero-order valence-electron chi connectivity index (χ0n) is 16.8. The number of nitrogens with one attached hydrogen (secondary N) is 1. The van der Waals surface area contributed by atoms with Crippen molar-refractivity contribution in [3.63, 3.8) is 0 Å². The summed E-state index contributed by atoms with van der Waals surface area (Å²) in [5, 5.41) is 8.07. The molecule has 0 spiro atoms. The summed E-state index contributed by atoms with van der Waals surface area (Å²) in [7, 11) is 0. The van der Waals surface area contributed by atoms with E-state index in [1.165, 1.54) is 4.68 Å². The maximum absolute atomic E-state index is 13.1. The molecule has 0 bridgehead atoms. The van der Waals surface area contributed by atoms with Crippen LogP contribution >= 0.6 is 11.3 Å². The molecule has 0 aliphatic carbocycles. The molecule has 2 aromatic carbocycles. The molecule has 9 heteroatoms. The van der Waals surface area contributed by atoms with Gasteiger partial charge < -0.3 is 4.74 Å². The number of ether oxygens (including phenoxy) is 1. The van der Waals surface area contributed by atoms with Crippen LogP contribution in [0.3, 0.4) is 0 Å². The van der Waals surface area contributed by atoms with Crippen LogP contribution in [0, 0.1) is 6.92 Å². The minimum absolute atomic E-state index is 0.0737. The predicted octanol–water partition coefficient (Wildman–Crippen LogP) is 3.58. The number of benzene rings is 2. The zero-order valence-corrected chi connectivity index (χ0v) is 17.6. The molecular formula is C22H18N4O4S. The van der Waals surface area contributed by atoms with Gasteiger partial charge in [0.25, 0.3) is 11.5 Å². The number of hydrogen-bond acceptors (Lipinski definition) is 7. The number of hydrogen-bond donors (Lipinski definition) is 1. The predicted molar refractivity (Wildman–Crippen MR) is 118 cm³/mol. The third-order valence-corrected chi connectivity index (χ3v) is 5.55. The first-order valence-electron chi connectivity index (χ1n) is 9.53. The van der Waals surface area contributed by atoms with Gasteiger partial charge in [-0.15, -0.1) is 0 Å². The normalized spacial score (nSPS) is 10.8. The lowest BCUT2D eigenvalue weighted by atomic mass is 10.1. The Kier molecular flexibility index (Phi) is 5.59. The molecule has 0 unspecified atom stereocenters. The highest BCUT2D eigenvalue weighted by atomic mass is 32.1. The Morgan fingerprint density at radius 1 is 1.06 bits per heavy atom. The molecule has 0 saturated carbocycles. The van der Waals surface area contributed by atoms with Crippen molar-refractivity contribution >= 4 is 39.1 Å². The van der Waals surface area contributed by atoms with Crippen LogP contribution in [-0.4, -0.2) is 33.2 Å². The van der Waals surface area contributed by atoms with Crippen molar-refractivity contribution in [3.05, 3.63) is 81.2 Å². The van der Waals surface area contributed by atoms with Crippen LogP contribution in [0.4, 0.5) is 5.13 Å². The second-order valence-corrected chi connectivity index (χ2v) is 7.55. The van der Waals surface area contributed by atoms with Gasteiger partial charge in [0.2, 0.25) is 0 Å². The summed E-state index contributed by atoms with van der Waals surface area (Å²) < 4.78 is 6.22. The lowest BCUT2D eigenvalue weighted by Crippen LogP contribution is -2.26. The second-order valence-electron chi connectivity index (χ2n) is 6.55. The molecular weight excluding hydrogens is 416 g/mol. The van der Waals surface area contributed by atoms with Crippen molar-refractivity contribution in [1.82, 2.24) is 14.8 Å². The largest absolute Gasteiger partial charge is 0.462 e. The first-order valence-corrected chi connectivity index (χ1v) is 10.3. The van der Waals surface area contributed by atoms with Crippen LogP contribution in [0.15, 0.2) is 59.4 Å². The molecule has 156 valence electrons. The summed E-state index contributed by atoms with van der Waals surface area (Å²) in [5.74, 6) is -1.02. The topological polar surface area (TPSA) is 103 Å². The Morgan fingerprint density at radius 2 is 1.74 bits per heavy atom. The van der Waals surface area contributed by atoms with Crippen molar-refractivity contribution in [1.29, 1.82) is 0 Å². The number of para-hydroxylation sites is 1. The smallest absolute Gasteiger partial charge is 0.350 e. The van der Waals surface area contributed by atoms with Crippen molar-refractivity contribution in [2.24, 2.45) is 0 Å². The molecule has 0 saturated heterocycles. The quantitative estimate of drug-likeness (QED) is 0.482. The summed E-state index contributed by atoms with van der Waals surface area (Å²) in [6.07, 6.45) is 0. The van der Waals surface area contributed by atoms with E-state index in [-0.39, 0.29) is 23.0 Å². The number of aryl methyl sites for hydroxylation is 1. The Morgan fingerprint density at radius 3 is 2.45 bits per heavy atom. The maximum Gasteiger partial charge on any atom is 0.350 e. The van der Waals surface area contributed by atoms with E-state index in [4.69, 9.17) is 4.74 Å². The van der Waals surface area contributed by atoms with Gasteiger partial charge in [-0.2, -0.15) is 9.78 Å². The van der Waals surface area contributed by atoms with Crippen LogP contribution in [0.2, 0.25) is 0 Å². The van der Waals surface area contributed by atoms with E-state index >= 15 is 0 Å². The fraction of sp³-hybridized carbons (Fsp3) is 0.136. The minimum Gasteiger partial charge on any atom is -0.462 e. The fourth-order valence-corrected chi connectivity index (χ4v) is 3.95. The summed E-state index contributed by atoms with van der Waals surface area (Å²) >= 11 is 1.03. The van der Waals surface area contributed by atoms with E-state index in [1.54, 1.807) is 62.4 Å². The highest BCUT2D eigenvalue weighted by molar-refractivity contribution is 7.17. The van der Waals surface area contributed by atoms with Crippen LogP contribution in [0.1, 0.15) is 32.8 Å². The van der Waals surface area contributed by atoms with E-state index < -0.39 is 11.9 Å². The van der Waals surface area contributed by atoms with Gasteiger partial charge in [0.1, 0.15) is 4.88 Å². The molecule has 4 rings (SSSR count). The average molecular weight is 434 g/mol. The Balaban J connectivity index is 1.77. The minimum atomic E-state index is -0.537. The van der Waals surface area contributed by atoms with Gasteiger partial charge >= 0.3 is 5.97 Å². The Hall–Kier alpha value is -3.85. The Bertz CT molecular complexity index is 1340. The monoisotopic (exact) mass is 434 g/mol. The van der Waals surface area contributed by atoms with Crippen LogP contribution in [0.5, 0.6) is 0 Å². The van der Waals surface area contributed by atoms with E-state index in [2.05, 4.69) is 15.4 Å². The number of anilines is 1. The molecule has 0 fully saturated rings. The van der Waals surface area contributed by atoms with Gasteiger partial charge in [-0.25, -0.2) is 9.78 Å². The molecule has 1 amide bonds. The van der Waals surface area contributed by atoms with Gasteiger partial charge in [0.05, 0.1) is 23.4 Å². The van der Waals surface area contributed by atoms with Crippen LogP contribution < -0.4 is 10.9 Å². The SMILES string of the molecule is CCOC(=O)c1sc(NC(=O)c2nn(-c3ccccc3)c(=O)c3ccccc23)nc1C. The van der Waals surface area contributed by atoms with Crippen LogP contribution in [0.25, 0.3) is 16.5 Å². The van der Waals surface area contributed by atoms with Gasteiger partial charge in [-0.3, -0.25) is 14.9 Å². The number of aromatic nitrogens is 3. The van der Waals surface area contributed by atoms with Gasteiger partial charge in [-0.1, -0.05) is 47.7 Å². The molecule has 31 heavy (non-hydrogen) atoms. The summed E-state index contributed by atoms with van der Waals surface area (Å²) in [5.41, 5.74) is 0.755. The van der Waals surface area contributed by atoms with E-state index in [0.29, 0.717) is 27.0 Å². The third kappa shape index (κ3) is 3.95. The number of thiazole rings is 1. The number of rotatable bonds is 5. The number of carbonyl (C=O) groups is 2. The van der Waals surface area contributed by atoms with Crippen molar-refractivity contribution < 1.29 is 14.3 Å². The van der Waals surface area contributed by atoms with Crippen molar-refractivity contribution in [2.75, 3.05) is 11.9 Å². The van der Waals surface area contributed by atoms with Crippen molar-refractivity contribution in [2.45, 2.75) is 13.8 Å². The maximum atomic E-state index is 13.1. The lowest BCUT2D eigenvalue weighted by Gasteiger charge is -2.10. The molecule has 4 aromatic rings. The van der Waals surface area contributed by atoms with Gasteiger partial charge in [0, 0.05) is 5.39 Å². The number of nitrogens with zero attached hydrogens (tertiary/aromatic N) is 3.